The van der Waals surface area contributed by atoms with Crippen molar-refractivity contribution >= 4 is 23.3 Å². The molecule has 0 fully saturated rings. The second-order valence-corrected chi connectivity index (χ2v) is 4.23. The summed E-state index contributed by atoms with van der Waals surface area (Å²) in [5.74, 6) is 0. The Kier molecular flexibility index (Phi) is 2.26. The molecule has 0 aliphatic carbocycles. The van der Waals surface area contributed by atoms with Gasteiger partial charge in [-0.3, -0.25) is 0 Å². The van der Waals surface area contributed by atoms with Gasteiger partial charge in [0, 0.05) is 24.5 Å². The molecule has 5 heteroatoms. The Morgan fingerprint density at radius 3 is 2.94 bits per heavy atom. The van der Waals surface area contributed by atoms with Crippen LogP contribution in [0.1, 0.15) is 0 Å². The molecular weight excluding hydrogens is 232 g/mol. The Morgan fingerprint density at radius 1 is 1.24 bits per heavy atom. The van der Waals surface area contributed by atoms with Crippen LogP contribution in [-0.2, 0) is 7.05 Å². The van der Waals surface area contributed by atoms with Crippen molar-refractivity contribution in [2.45, 2.75) is 0 Å². The van der Waals surface area contributed by atoms with E-state index in [1.807, 2.05) is 36.1 Å². The molecule has 17 heavy (non-hydrogen) atoms. The van der Waals surface area contributed by atoms with Gasteiger partial charge in [-0.2, -0.15) is 0 Å². The van der Waals surface area contributed by atoms with Crippen molar-refractivity contribution in [1.29, 1.82) is 0 Å². The minimum absolute atomic E-state index is 0.489. The van der Waals surface area contributed by atoms with Gasteiger partial charge in [0.25, 0.3) is 0 Å². The van der Waals surface area contributed by atoms with Crippen LogP contribution < -0.4 is 0 Å². The standard InChI is InChI=1S/C12H10N4S/c1-16-7-14-10-6-8(2-3-11(10)16)9-4-5-13-12(17)15-9/h2-7H,1H3,(H,13,15,17). The van der Waals surface area contributed by atoms with Crippen LogP contribution in [0.5, 0.6) is 0 Å². The van der Waals surface area contributed by atoms with Gasteiger partial charge in [-0.15, -0.1) is 0 Å². The molecule has 0 unspecified atom stereocenters. The Hall–Kier alpha value is -2.01. The zero-order chi connectivity index (χ0) is 11.8. The van der Waals surface area contributed by atoms with Crippen molar-refractivity contribution in [3.63, 3.8) is 0 Å². The van der Waals surface area contributed by atoms with Crippen LogP contribution in [0.2, 0.25) is 0 Å². The highest BCUT2D eigenvalue weighted by Gasteiger charge is 2.03. The lowest BCUT2D eigenvalue weighted by Gasteiger charge is -2.01. The SMILES string of the molecule is Cn1cnc2cc(-c3ccnc(=S)[nH]3)ccc21. The van der Waals surface area contributed by atoms with E-state index in [1.165, 1.54) is 0 Å². The molecule has 0 bridgehead atoms. The number of aromatic nitrogens is 4. The number of hydrogen-bond donors (Lipinski definition) is 1. The van der Waals surface area contributed by atoms with Gasteiger partial charge in [-0.05, 0) is 30.4 Å². The summed E-state index contributed by atoms with van der Waals surface area (Å²) in [5, 5.41) is 0. The number of benzene rings is 1. The molecule has 4 nitrogen and oxygen atoms in total. The number of imidazole rings is 1. The Labute approximate surface area is 103 Å². The van der Waals surface area contributed by atoms with Crippen LogP contribution in [0.15, 0.2) is 36.8 Å². The lowest BCUT2D eigenvalue weighted by Crippen LogP contribution is -1.87. The third-order valence-electron chi connectivity index (χ3n) is 2.71. The van der Waals surface area contributed by atoms with Gasteiger partial charge >= 0.3 is 0 Å². The predicted molar refractivity (Wildman–Crippen MR) is 69.1 cm³/mol. The first kappa shape index (κ1) is 10.2. The molecule has 0 aliphatic rings. The topological polar surface area (TPSA) is 46.5 Å². The summed E-state index contributed by atoms with van der Waals surface area (Å²) >= 11 is 5.01. The molecule has 0 radical (unpaired) electrons. The van der Waals surface area contributed by atoms with Crippen LogP contribution in [0.4, 0.5) is 0 Å². The van der Waals surface area contributed by atoms with Gasteiger partial charge in [-0.1, -0.05) is 6.07 Å². The molecule has 1 N–H and O–H groups in total. The van der Waals surface area contributed by atoms with E-state index in [-0.39, 0.29) is 0 Å². The van der Waals surface area contributed by atoms with E-state index >= 15 is 0 Å². The van der Waals surface area contributed by atoms with E-state index < -0.39 is 0 Å². The van der Waals surface area contributed by atoms with E-state index in [0.717, 1.165) is 22.3 Å². The van der Waals surface area contributed by atoms with Crippen molar-refractivity contribution < 1.29 is 0 Å². The van der Waals surface area contributed by atoms with E-state index in [9.17, 15) is 0 Å². The molecule has 2 heterocycles. The average molecular weight is 242 g/mol. The number of rotatable bonds is 1. The van der Waals surface area contributed by atoms with Crippen LogP contribution in [0, 0.1) is 4.77 Å². The Bertz CT molecular complexity index is 741. The molecule has 2 aromatic heterocycles. The van der Waals surface area contributed by atoms with Crippen molar-refractivity contribution in [3.8, 4) is 11.3 Å². The molecule has 3 rings (SSSR count). The summed E-state index contributed by atoms with van der Waals surface area (Å²) in [4.78, 5) is 11.4. The predicted octanol–water partition coefficient (Wildman–Crippen LogP) is 2.69. The van der Waals surface area contributed by atoms with Gasteiger partial charge in [-0.25, -0.2) is 9.97 Å². The quantitative estimate of drug-likeness (QED) is 0.667. The summed E-state index contributed by atoms with van der Waals surface area (Å²) < 4.78 is 2.48. The van der Waals surface area contributed by atoms with E-state index in [4.69, 9.17) is 12.2 Å². The Morgan fingerprint density at radius 2 is 2.12 bits per heavy atom. The Balaban J connectivity index is 2.21. The smallest absolute Gasteiger partial charge is 0.197 e. The zero-order valence-electron chi connectivity index (χ0n) is 9.21. The summed E-state index contributed by atoms with van der Waals surface area (Å²) in [6.07, 6.45) is 3.51. The number of H-pyrrole nitrogens is 1. The fourth-order valence-corrected chi connectivity index (χ4v) is 2.01. The monoisotopic (exact) mass is 242 g/mol. The van der Waals surface area contributed by atoms with Gasteiger partial charge < -0.3 is 9.55 Å². The normalized spacial score (nSPS) is 10.9. The number of aromatic amines is 1. The number of nitrogens with zero attached hydrogens (tertiary/aromatic N) is 3. The number of hydrogen-bond acceptors (Lipinski definition) is 3. The molecule has 1 aromatic carbocycles. The maximum Gasteiger partial charge on any atom is 0.197 e. The minimum atomic E-state index is 0.489. The first-order valence-corrected chi connectivity index (χ1v) is 5.62. The molecule has 0 atom stereocenters. The van der Waals surface area contributed by atoms with Crippen molar-refractivity contribution in [2.24, 2.45) is 7.05 Å². The molecule has 0 saturated heterocycles. The van der Waals surface area contributed by atoms with Gasteiger partial charge in [0.1, 0.15) is 0 Å². The third kappa shape index (κ3) is 1.74. The fraction of sp³-hybridized carbons (Fsp3) is 0.0833. The van der Waals surface area contributed by atoms with Crippen LogP contribution in [-0.4, -0.2) is 19.5 Å². The van der Waals surface area contributed by atoms with Crippen LogP contribution >= 0.6 is 12.2 Å². The lowest BCUT2D eigenvalue weighted by atomic mass is 10.1. The summed E-state index contributed by atoms with van der Waals surface area (Å²) in [7, 11) is 1.98. The molecule has 0 aliphatic heterocycles. The highest BCUT2D eigenvalue weighted by molar-refractivity contribution is 7.71. The zero-order valence-corrected chi connectivity index (χ0v) is 10.0. The van der Waals surface area contributed by atoms with Gasteiger partial charge in [0.15, 0.2) is 4.77 Å². The van der Waals surface area contributed by atoms with Crippen molar-refractivity contribution in [3.05, 3.63) is 41.6 Å². The molecule has 3 aromatic rings. The van der Waals surface area contributed by atoms with Crippen molar-refractivity contribution in [2.75, 3.05) is 0 Å². The largest absolute Gasteiger partial charge is 0.334 e. The maximum absolute atomic E-state index is 5.01. The van der Waals surface area contributed by atoms with E-state index in [0.29, 0.717) is 4.77 Å². The summed E-state index contributed by atoms with van der Waals surface area (Å²) in [6.45, 7) is 0. The third-order valence-corrected chi connectivity index (χ3v) is 2.92. The van der Waals surface area contributed by atoms with Crippen LogP contribution in [0.25, 0.3) is 22.3 Å². The minimum Gasteiger partial charge on any atom is -0.334 e. The molecule has 0 amide bonds. The van der Waals surface area contributed by atoms with E-state index in [1.54, 1.807) is 6.20 Å². The molecular formula is C12H10N4S. The van der Waals surface area contributed by atoms with Crippen LogP contribution in [0.3, 0.4) is 0 Å². The fourth-order valence-electron chi connectivity index (χ4n) is 1.84. The first-order valence-electron chi connectivity index (χ1n) is 5.21. The second-order valence-electron chi connectivity index (χ2n) is 3.85. The van der Waals surface area contributed by atoms with Gasteiger partial charge in [0.2, 0.25) is 0 Å². The lowest BCUT2D eigenvalue weighted by molar-refractivity contribution is 0.948. The first-order chi connectivity index (χ1) is 8.24. The highest BCUT2D eigenvalue weighted by atomic mass is 32.1. The van der Waals surface area contributed by atoms with E-state index in [2.05, 4.69) is 21.0 Å². The maximum atomic E-state index is 5.01. The number of aryl methyl sites for hydroxylation is 1. The summed E-state index contributed by atoms with van der Waals surface area (Å²) in [6, 6.07) is 8.04. The summed E-state index contributed by atoms with van der Waals surface area (Å²) in [5.41, 5.74) is 4.10. The number of fused-ring (bicyclic) bond motifs is 1. The highest BCUT2D eigenvalue weighted by Crippen LogP contribution is 2.21. The average Bonchev–Trinajstić information content (AvgIpc) is 2.71. The molecule has 84 valence electrons. The van der Waals surface area contributed by atoms with Gasteiger partial charge in [0.05, 0.1) is 17.4 Å². The second kappa shape index (κ2) is 3.78. The number of nitrogens with one attached hydrogen (secondary N) is 1. The molecule has 0 saturated carbocycles. The molecule has 0 spiro atoms. The van der Waals surface area contributed by atoms with Crippen molar-refractivity contribution in [1.82, 2.24) is 19.5 Å².